The second-order valence-corrected chi connectivity index (χ2v) is 6.34. The fraction of sp³-hybridized carbons (Fsp3) is 0.105. The van der Waals surface area contributed by atoms with E-state index in [0.717, 1.165) is 22.3 Å². The minimum absolute atomic E-state index is 0.265. The van der Waals surface area contributed by atoms with Crippen LogP contribution in [-0.4, -0.2) is 15.9 Å². The first-order chi connectivity index (χ1) is 12.1. The quantitative estimate of drug-likeness (QED) is 0.649. The van der Waals surface area contributed by atoms with E-state index in [1.165, 1.54) is 18.0 Å². The summed E-state index contributed by atoms with van der Waals surface area (Å²) in [7, 11) is 0. The summed E-state index contributed by atoms with van der Waals surface area (Å²) < 4.78 is 1.00. The molecule has 0 unspecified atom stereocenters. The van der Waals surface area contributed by atoms with Crippen LogP contribution in [-0.2, 0) is 6.42 Å². The van der Waals surface area contributed by atoms with Crippen LogP contribution >= 0.6 is 15.9 Å². The zero-order chi connectivity index (χ0) is 17.6. The average Bonchev–Trinajstić information content (AvgIpc) is 2.65. The van der Waals surface area contributed by atoms with E-state index in [1.807, 2.05) is 48.5 Å². The third kappa shape index (κ3) is 4.64. The van der Waals surface area contributed by atoms with Crippen LogP contribution in [0.5, 0.6) is 0 Å². The van der Waals surface area contributed by atoms with E-state index in [9.17, 15) is 4.79 Å². The van der Waals surface area contributed by atoms with E-state index in [2.05, 4.69) is 43.5 Å². The molecule has 0 saturated heterocycles. The number of aryl methyl sites for hydroxylation is 1. The van der Waals surface area contributed by atoms with Crippen molar-refractivity contribution in [3.63, 3.8) is 0 Å². The lowest BCUT2D eigenvalue weighted by Crippen LogP contribution is -2.14. The number of rotatable bonds is 5. The number of aromatic nitrogens is 2. The first-order valence-electron chi connectivity index (χ1n) is 7.89. The number of benzene rings is 2. The number of nitrogens with one attached hydrogen (secondary N) is 2. The Hall–Kier alpha value is -2.73. The van der Waals surface area contributed by atoms with Crippen molar-refractivity contribution in [2.75, 3.05) is 10.6 Å². The van der Waals surface area contributed by atoms with Gasteiger partial charge in [-0.2, -0.15) is 0 Å². The number of carbonyl (C=O) groups excluding carboxylic acids is 1. The molecule has 0 fully saturated rings. The summed E-state index contributed by atoms with van der Waals surface area (Å²) in [6, 6.07) is 15.5. The van der Waals surface area contributed by atoms with Crippen molar-refractivity contribution in [2.45, 2.75) is 13.3 Å². The number of anilines is 3. The Labute approximate surface area is 154 Å². The molecule has 0 aliphatic carbocycles. The Bertz CT molecular complexity index is 846. The second kappa shape index (κ2) is 7.90. The van der Waals surface area contributed by atoms with Crippen LogP contribution in [0.4, 0.5) is 17.2 Å². The molecule has 3 aromatic rings. The van der Waals surface area contributed by atoms with Crippen molar-refractivity contribution in [1.82, 2.24) is 9.97 Å². The van der Waals surface area contributed by atoms with Crippen LogP contribution in [0.1, 0.15) is 23.0 Å². The monoisotopic (exact) mass is 396 g/mol. The molecule has 6 heteroatoms. The molecule has 3 rings (SSSR count). The van der Waals surface area contributed by atoms with Gasteiger partial charge in [0.2, 0.25) is 0 Å². The SMILES string of the molecule is CCc1ccc(NC(=O)c2cnc(Nc3ccc(Br)cc3)cn2)cc1. The largest absolute Gasteiger partial charge is 0.339 e. The third-order valence-corrected chi connectivity index (χ3v) is 4.15. The van der Waals surface area contributed by atoms with Gasteiger partial charge in [-0.05, 0) is 48.4 Å². The molecule has 1 aromatic heterocycles. The van der Waals surface area contributed by atoms with Crippen LogP contribution in [0, 0.1) is 0 Å². The Morgan fingerprint density at radius 3 is 2.24 bits per heavy atom. The van der Waals surface area contributed by atoms with E-state index in [0.29, 0.717) is 5.82 Å². The molecule has 0 bridgehead atoms. The van der Waals surface area contributed by atoms with E-state index >= 15 is 0 Å². The first-order valence-corrected chi connectivity index (χ1v) is 8.68. The number of amides is 1. The van der Waals surface area contributed by atoms with Gasteiger partial charge in [-0.3, -0.25) is 4.79 Å². The Morgan fingerprint density at radius 2 is 1.64 bits per heavy atom. The number of hydrogen-bond donors (Lipinski definition) is 2. The van der Waals surface area contributed by atoms with Crippen LogP contribution < -0.4 is 10.6 Å². The zero-order valence-corrected chi connectivity index (χ0v) is 15.2. The maximum atomic E-state index is 12.2. The molecule has 0 aliphatic rings. The van der Waals surface area contributed by atoms with Crippen LogP contribution in [0.3, 0.4) is 0 Å². The number of carbonyl (C=O) groups is 1. The summed E-state index contributed by atoms with van der Waals surface area (Å²) >= 11 is 3.39. The highest BCUT2D eigenvalue weighted by molar-refractivity contribution is 9.10. The predicted octanol–water partition coefficient (Wildman–Crippen LogP) is 4.80. The third-order valence-electron chi connectivity index (χ3n) is 3.62. The molecule has 0 radical (unpaired) electrons. The highest BCUT2D eigenvalue weighted by atomic mass is 79.9. The molecule has 2 N–H and O–H groups in total. The molecule has 25 heavy (non-hydrogen) atoms. The van der Waals surface area contributed by atoms with Gasteiger partial charge in [0.1, 0.15) is 11.5 Å². The molecule has 1 amide bonds. The van der Waals surface area contributed by atoms with Crippen molar-refractivity contribution in [1.29, 1.82) is 0 Å². The fourth-order valence-electron chi connectivity index (χ4n) is 2.21. The molecule has 126 valence electrons. The van der Waals surface area contributed by atoms with Gasteiger partial charge in [-0.15, -0.1) is 0 Å². The topological polar surface area (TPSA) is 66.9 Å². The van der Waals surface area contributed by atoms with Crippen molar-refractivity contribution in [3.8, 4) is 0 Å². The predicted molar refractivity (Wildman–Crippen MR) is 103 cm³/mol. The summed E-state index contributed by atoms with van der Waals surface area (Å²) in [5.74, 6) is 0.290. The van der Waals surface area contributed by atoms with E-state index in [1.54, 1.807) is 0 Å². The van der Waals surface area contributed by atoms with E-state index in [-0.39, 0.29) is 11.6 Å². The lowest BCUT2D eigenvalue weighted by atomic mass is 10.1. The lowest BCUT2D eigenvalue weighted by molar-refractivity contribution is 0.102. The Kier molecular flexibility index (Phi) is 5.40. The van der Waals surface area contributed by atoms with Gasteiger partial charge in [0.05, 0.1) is 12.4 Å². The Morgan fingerprint density at radius 1 is 0.960 bits per heavy atom. The molecule has 0 saturated carbocycles. The molecule has 2 aromatic carbocycles. The summed E-state index contributed by atoms with van der Waals surface area (Å²) in [5.41, 5.74) is 3.12. The molecule has 0 aliphatic heterocycles. The summed E-state index contributed by atoms with van der Waals surface area (Å²) in [6.07, 6.45) is 3.96. The van der Waals surface area contributed by atoms with Crippen LogP contribution in [0.25, 0.3) is 0 Å². The highest BCUT2D eigenvalue weighted by Crippen LogP contribution is 2.17. The van der Waals surface area contributed by atoms with E-state index in [4.69, 9.17) is 0 Å². The number of hydrogen-bond acceptors (Lipinski definition) is 4. The summed E-state index contributed by atoms with van der Waals surface area (Å²) in [5, 5.41) is 5.95. The highest BCUT2D eigenvalue weighted by Gasteiger charge is 2.08. The normalized spacial score (nSPS) is 10.3. The lowest BCUT2D eigenvalue weighted by Gasteiger charge is -2.07. The van der Waals surface area contributed by atoms with Crippen molar-refractivity contribution in [3.05, 3.63) is 76.7 Å². The maximum absolute atomic E-state index is 12.2. The second-order valence-electron chi connectivity index (χ2n) is 5.42. The van der Waals surface area contributed by atoms with Crippen LogP contribution in [0.15, 0.2) is 65.4 Å². The van der Waals surface area contributed by atoms with Crippen molar-refractivity contribution < 1.29 is 4.79 Å². The summed E-state index contributed by atoms with van der Waals surface area (Å²) in [6.45, 7) is 2.09. The molecule has 0 atom stereocenters. The minimum atomic E-state index is -0.285. The van der Waals surface area contributed by atoms with Crippen molar-refractivity contribution >= 4 is 39.0 Å². The molecule has 1 heterocycles. The van der Waals surface area contributed by atoms with Crippen molar-refractivity contribution in [2.24, 2.45) is 0 Å². The van der Waals surface area contributed by atoms with E-state index < -0.39 is 0 Å². The smallest absolute Gasteiger partial charge is 0.275 e. The van der Waals surface area contributed by atoms with Gasteiger partial charge in [0.15, 0.2) is 0 Å². The number of nitrogens with zero attached hydrogens (tertiary/aromatic N) is 2. The fourth-order valence-corrected chi connectivity index (χ4v) is 2.47. The van der Waals surface area contributed by atoms with Crippen LogP contribution in [0.2, 0.25) is 0 Å². The maximum Gasteiger partial charge on any atom is 0.275 e. The molecular weight excluding hydrogens is 380 g/mol. The Balaban J connectivity index is 1.64. The number of halogens is 1. The average molecular weight is 397 g/mol. The van der Waals surface area contributed by atoms with Gasteiger partial charge in [0, 0.05) is 15.8 Å². The molecule has 0 spiro atoms. The zero-order valence-electron chi connectivity index (χ0n) is 13.7. The van der Waals surface area contributed by atoms with Gasteiger partial charge in [0.25, 0.3) is 5.91 Å². The summed E-state index contributed by atoms with van der Waals surface area (Å²) in [4.78, 5) is 20.7. The first kappa shape index (κ1) is 17.1. The van der Waals surface area contributed by atoms with Gasteiger partial charge < -0.3 is 10.6 Å². The van der Waals surface area contributed by atoms with Gasteiger partial charge >= 0.3 is 0 Å². The minimum Gasteiger partial charge on any atom is -0.339 e. The van der Waals surface area contributed by atoms with Gasteiger partial charge in [-0.25, -0.2) is 9.97 Å². The molecule has 5 nitrogen and oxygen atoms in total. The molecular formula is C19H17BrN4O. The van der Waals surface area contributed by atoms with Gasteiger partial charge in [-0.1, -0.05) is 35.0 Å². The standard InChI is InChI=1S/C19H17BrN4O/c1-2-13-3-7-16(8-4-13)24-19(25)17-11-22-18(12-21-17)23-15-9-5-14(20)6-10-15/h3-12H,2H2,1H3,(H,22,23)(H,24,25).